The van der Waals surface area contributed by atoms with E-state index in [0.29, 0.717) is 18.1 Å². The lowest BCUT2D eigenvalue weighted by atomic mass is 10.0. The minimum Gasteiger partial charge on any atom is -0.491 e. The van der Waals surface area contributed by atoms with Gasteiger partial charge in [-0.3, -0.25) is 4.79 Å². The number of fused-ring (bicyclic) bond motifs is 1. The molecule has 8 heteroatoms. The van der Waals surface area contributed by atoms with Crippen molar-refractivity contribution in [3.63, 3.8) is 0 Å². The first-order valence-electron chi connectivity index (χ1n) is 8.06. The zero-order chi connectivity index (χ0) is 17.4. The molecule has 1 amide bonds. The van der Waals surface area contributed by atoms with E-state index in [-0.39, 0.29) is 17.7 Å². The smallest absolute Gasteiger partial charge is 0.290 e. The molecule has 8 nitrogen and oxygen atoms in total. The molecule has 128 valence electrons. The molecule has 0 aliphatic heterocycles. The van der Waals surface area contributed by atoms with Crippen LogP contribution in [0, 0.1) is 0 Å². The van der Waals surface area contributed by atoms with Crippen LogP contribution >= 0.6 is 0 Å². The molecular weight excluding hydrogens is 324 g/mol. The van der Waals surface area contributed by atoms with Crippen molar-refractivity contribution in [3.05, 3.63) is 47.0 Å². The average molecular weight is 340 g/mol. The average Bonchev–Trinajstić information content (AvgIpc) is 3.34. The summed E-state index contributed by atoms with van der Waals surface area (Å²) in [6.07, 6.45) is 2.33. The maximum absolute atomic E-state index is 12.2. The van der Waals surface area contributed by atoms with Crippen LogP contribution in [-0.2, 0) is 12.8 Å². The van der Waals surface area contributed by atoms with Crippen molar-refractivity contribution >= 4 is 5.91 Å². The van der Waals surface area contributed by atoms with Gasteiger partial charge in [0.1, 0.15) is 0 Å². The Kier molecular flexibility index (Phi) is 3.72. The van der Waals surface area contributed by atoms with Gasteiger partial charge in [-0.1, -0.05) is 24.2 Å². The van der Waals surface area contributed by atoms with Gasteiger partial charge in [-0.05, 0) is 35.2 Å². The minimum atomic E-state index is -0.402. The van der Waals surface area contributed by atoms with Crippen LogP contribution in [0.3, 0.4) is 0 Å². The van der Waals surface area contributed by atoms with Crippen molar-refractivity contribution < 1.29 is 18.9 Å². The first-order valence-corrected chi connectivity index (χ1v) is 8.06. The van der Waals surface area contributed by atoms with Gasteiger partial charge < -0.3 is 19.5 Å². The van der Waals surface area contributed by atoms with Gasteiger partial charge in [-0.2, -0.15) is 4.98 Å². The van der Waals surface area contributed by atoms with Crippen molar-refractivity contribution in [2.75, 3.05) is 0 Å². The number of amides is 1. The Morgan fingerprint density at radius 1 is 1.32 bits per heavy atom. The molecule has 0 fully saturated rings. The molecule has 1 aliphatic rings. The molecular formula is C17H16N4O4. The van der Waals surface area contributed by atoms with E-state index in [2.05, 4.69) is 20.6 Å². The van der Waals surface area contributed by atoms with E-state index in [1.54, 1.807) is 0 Å². The van der Waals surface area contributed by atoms with Crippen LogP contribution in [0.2, 0.25) is 0 Å². The predicted molar refractivity (Wildman–Crippen MR) is 85.8 cm³/mol. The maximum atomic E-state index is 12.2. The van der Waals surface area contributed by atoms with Crippen molar-refractivity contribution in [2.24, 2.45) is 0 Å². The molecule has 3 aromatic rings. The quantitative estimate of drug-likeness (QED) is 0.749. The SMILES string of the molecule is CCc1nc(-c2ccc3c(c2)CCC3NC(=O)c2cc(O)no2)no1. The van der Waals surface area contributed by atoms with Gasteiger partial charge in [0, 0.05) is 12.0 Å². The molecule has 1 unspecified atom stereocenters. The molecule has 1 atom stereocenters. The van der Waals surface area contributed by atoms with Crippen molar-refractivity contribution in [2.45, 2.75) is 32.2 Å². The highest BCUT2D eigenvalue weighted by molar-refractivity contribution is 5.92. The molecule has 0 bridgehead atoms. The molecule has 2 heterocycles. The standard InChI is InChI=1S/C17H16N4O4/c1-2-15-19-16(21-25-15)10-3-5-11-9(7-10)4-6-12(11)18-17(23)13-8-14(22)20-24-13/h3,5,7-8,12H,2,4,6H2,1H3,(H,18,23)(H,20,22). The lowest BCUT2D eigenvalue weighted by Gasteiger charge is -2.13. The number of nitrogens with one attached hydrogen (secondary N) is 1. The Bertz CT molecular complexity index is 930. The Labute approximate surface area is 142 Å². The number of hydrogen-bond acceptors (Lipinski definition) is 7. The number of aromatic hydroxyl groups is 1. The largest absolute Gasteiger partial charge is 0.491 e. The zero-order valence-corrected chi connectivity index (χ0v) is 13.5. The van der Waals surface area contributed by atoms with Gasteiger partial charge in [0.2, 0.25) is 17.5 Å². The molecule has 0 saturated carbocycles. The Morgan fingerprint density at radius 2 is 2.20 bits per heavy atom. The second-order valence-electron chi connectivity index (χ2n) is 5.89. The predicted octanol–water partition coefficient (Wildman–Crippen LogP) is 2.41. The summed E-state index contributed by atoms with van der Waals surface area (Å²) in [5, 5.41) is 19.4. The molecule has 25 heavy (non-hydrogen) atoms. The summed E-state index contributed by atoms with van der Waals surface area (Å²) in [5.74, 6) is 0.454. The van der Waals surface area contributed by atoms with Crippen LogP contribution in [0.5, 0.6) is 5.88 Å². The summed E-state index contributed by atoms with van der Waals surface area (Å²) >= 11 is 0. The van der Waals surface area contributed by atoms with Crippen LogP contribution in [0.4, 0.5) is 0 Å². The van der Waals surface area contributed by atoms with Gasteiger partial charge in [0.15, 0.2) is 0 Å². The van der Waals surface area contributed by atoms with Crippen LogP contribution in [0.15, 0.2) is 33.3 Å². The molecule has 2 aromatic heterocycles. The third-order valence-electron chi connectivity index (χ3n) is 4.28. The summed E-state index contributed by atoms with van der Waals surface area (Å²) in [6.45, 7) is 1.96. The van der Waals surface area contributed by atoms with E-state index in [1.165, 1.54) is 6.07 Å². The number of hydrogen-bond donors (Lipinski definition) is 2. The van der Waals surface area contributed by atoms with Gasteiger partial charge in [0.25, 0.3) is 11.8 Å². The number of rotatable bonds is 4. The van der Waals surface area contributed by atoms with Crippen LogP contribution < -0.4 is 5.32 Å². The van der Waals surface area contributed by atoms with E-state index in [0.717, 1.165) is 29.5 Å². The highest BCUT2D eigenvalue weighted by Crippen LogP contribution is 2.34. The van der Waals surface area contributed by atoms with E-state index < -0.39 is 5.91 Å². The third-order valence-corrected chi connectivity index (χ3v) is 4.28. The molecule has 0 saturated heterocycles. The van der Waals surface area contributed by atoms with Gasteiger partial charge in [-0.25, -0.2) is 0 Å². The second kappa shape index (κ2) is 6.04. The minimum absolute atomic E-state index is 0.0125. The maximum Gasteiger partial charge on any atom is 0.290 e. The number of aryl methyl sites for hydroxylation is 2. The van der Waals surface area contributed by atoms with E-state index >= 15 is 0 Å². The Morgan fingerprint density at radius 3 is 2.92 bits per heavy atom. The third kappa shape index (κ3) is 2.86. The fourth-order valence-electron chi connectivity index (χ4n) is 3.02. The molecule has 0 spiro atoms. The summed E-state index contributed by atoms with van der Waals surface area (Å²) in [4.78, 5) is 16.5. The number of nitrogens with zero attached hydrogens (tertiary/aromatic N) is 3. The molecule has 0 radical (unpaired) electrons. The van der Waals surface area contributed by atoms with Crippen molar-refractivity contribution in [1.82, 2.24) is 20.6 Å². The highest BCUT2D eigenvalue weighted by atomic mass is 16.5. The lowest BCUT2D eigenvalue weighted by molar-refractivity contribution is 0.0899. The fourth-order valence-corrected chi connectivity index (χ4v) is 3.02. The summed E-state index contributed by atoms with van der Waals surface area (Å²) in [6, 6.07) is 7.01. The van der Waals surface area contributed by atoms with Gasteiger partial charge in [0.05, 0.1) is 12.1 Å². The first-order chi connectivity index (χ1) is 12.1. The second-order valence-corrected chi connectivity index (χ2v) is 5.89. The van der Waals surface area contributed by atoms with Crippen LogP contribution in [0.1, 0.15) is 47.0 Å². The fraction of sp³-hybridized carbons (Fsp3) is 0.294. The summed E-state index contributed by atoms with van der Waals surface area (Å²) < 4.78 is 9.93. The van der Waals surface area contributed by atoms with Crippen LogP contribution in [0.25, 0.3) is 11.4 Å². The molecule has 2 N–H and O–H groups in total. The van der Waals surface area contributed by atoms with E-state index in [1.807, 2.05) is 25.1 Å². The van der Waals surface area contributed by atoms with Gasteiger partial charge >= 0.3 is 0 Å². The Hall–Kier alpha value is -3.16. The molecule has 1 aliphatic carbocycles. The first kappa shape index (κ1) is 15.4. The lowest BCUT2D eigenvalue weighted by Crippen LogP contribution is -2.26. The normalized spacial score (nSPS) is 16.0. The number of carbonyl (C=O) groups excluding carboxylic acids is 1. The number of carbonyl (C=O) groups is 1. The summed E-state index contributed by atoms with van der Waals surface area (Å²) in [5.41, 5.74) is 3.10. The molecule has 1 aromatic carbocycles. The van der Waals surface area contributed by atoms with Crippen LogP contribution in [-0.4, -0.2) is 26.3 Å². The number of benzene rings is 1. The van der Waals surface area contributed by atoms with Crippen molar-refractivity contribution in [1.29, 1.82) is 0 Å². The zero-order valence-electron chi connectivity index (χ0n) is 13.5. The summed E-state index contributed by atoms with van der Waals surface area (Å²) in [7, 11) is 0. The highest BCUT2D eigenvalue weighted by Gasteiger charge is 2.26. The number of aromatic nitrogens is 3. The monoisotopic (exact) mass is 340 g/mol. The molecule has 4 rings (SSSR count). The van der Waals surface area contributed by atoms with E-state index in [4.69, 9.17) is 9.05 Å². The topological polar surface area (TPSA) is 114 Å². The van der Waals surface area contributed by atoms with Crippen molar-refractivity contribution in [3.8, 4) is 17.3 Å². The Balaban J connectivity index is 1.54. The van der Waals surface area contributed by atoms with Gasteiger partial charge in [-0.15, -0.1) is 0 Å². The van der Waals surface area contributed by atoms with E-state index in [9.17, 15) is 9.90 Å².